The third kappa shape index (κ3) is 7.58. The zero-order chi connectivity index (χ0) is 30.9. The summed E-state index contributed by atoms with van der Waals surface area (Å²) < 4.78 is 56.9. The molecule has 0 bridgehead atoms. The molecule has 1 aliphatic heterocycles. The van der Waals surface area contributed by atoms with Crippen molar-refractivity contribution in [2.45, 2.75) is 103 Å². The van der Waals surface area contributed by atoms with Gasteiger partial charge < -0.3 is 19.6 Å². The lowest BCUT2D eigenvalue weighted by atomic mass is 9.72. The van der Waals surface area contributed by atoms with E-state index in [4.69, 9.17) is 9.31 Å². The van der Waals surface area contributed by atoms with E-state index in [0.29, 0.717) is 18.4 Å². The molecule has 230 valence electrons. The Balaban J connectivity index is 1.62. The average molecular weight is 606 g/mol. The number of anilines is 1. The van der Waals surface area contributed by atoms with Crippen LogP contribution in [0.15, 0.2) is 29.1 Å². The van der Waals surface area contributed by atoms with E-state index >= 15 is 0 Å². The number of nitrogens with zero attached hydrogens (tertiary/aromatic N) is 1. The third-order valence-electron chi connectivity index (χ3n) is 8.21. The smallest absolute Gasteiger partial charge is 0.402 e. The largest absolute Gasteiger partial charge is 0.482 e. The maximum absolute atomic E-state index is 13.5. The molecule has 4 rings (SSSR count). The number of hydrogen-bond acceptors (Lipinski definition) is 7. The standard InChI is InChI=1S/C28H41BFN5O6S/c1-17(2)24(29-40-27(3,4)28(5,6)41-29)32-22(36)16-21-23(35-42(38,39)34-20-10-8-7-9-11-20)26(37)33-25(31-21)18-12-14-19(30)15-13-18/h12-15,17,20,24,34-35H,7-11,16H2,1-6H3,(H,32,36)(H,31,33,37). The summed E-state index contributed by atoms with van der Waals surface area (Å²) in [6.45, 7) is 11.5. The van der Waals surface area contributed by atoms with Gasteiger partial charge in [-0.1, -0.05) is 33.1 Å². The summed E-state index contributed by atoms with van der Waals surface area (Å²) in [4.78, 5) is 33.7. The molecule has 2 fully saturated rings. The lowest BCUT2D eigenvalue weighted by molar-refractivity contribution is -0.121. The first-order valence-corrected chi connectivity index (χ1v) is 15.9. The van der Waals surface area contributed by atoms with Crippen molar-refractivity contribution in [3.05, 3.63) is 46.1 Å². The maximum atomic E-state index is 13.5. The van der Waals surface area contributed by atoms with Gasteiger partial charge in [0.25, 0.3) is 15.8 Å². The molecule has 1 saturated heterocycles. The van der Waals surface area contributed by atoms with E-state index in [1.165, 1.54) is 24.3 Å². The number of carbonyl (C=O) groups excluding carboxylic acids is 1. The van der Waals surface area contributed by atoms with Crippen LogP contribution in [-0.4, -0.2) is 54.6 Å². The molecule has 2 heterocycles. The first-order valence-electron chi connectivity index (χ1n) is 14.4. The van der Waals surface area contributed by atoms with Crippen LogP contribution in [0.3, 0.4) is 0 Å². The van der Waals surface area contributed by atoms with Gasteiger partial charge in [-0.3, -0.25) is 14.3 Å². The molecule has 2 aliphatic rings. The summed E-state index contributed by atoms with van der Waals surface area (Å²) in [6, 6.07) is 5.03. The summed E-state index contributed by atoms with van der Waals surface area (Å²) in [7, 11) is -4.88. The number of hydrogen-bond donors (Lipinski definition) is 4. The van der Waals surface area contributed by atoms with Crippen LogP contribution >= 0.6 is 0 Å². The number of aromatic nitrogens is 2. The normalized spacial score (nSPS) is 19.6. The number of benzene rings is 1. The van der Waals surface area contributed by atoms with E-state index in [1.54, 1.807) is 0 Å². The molecule has 0 radical (unpaired) electrons. The van der Waals surface area contributed by atoms with Gasteiger partial charge in [0, 0.05) is 11.6 Å². The Morgan fingerprint density at radius 1 is 1.10 bits per heavy atom. The van der Waals surface area contributed by atoms with Gasteiger partial charge in [-0.25, -0.2) is 9.37 Å². The minimum absolute atomic E-state index is 0.0670. The van der Waals surface area contributed by atoms with Crippen LogP contribution in [0.4, 0.5) is 10.1 Å². The van der Waals surface area contributed by atoms with Gasteiger partial charge in [-0.05, 0) is 70.7 Å². The van der Waals surface area contributed by atoms with Crippen molar-refractivity contribution in [3.8, 4) is 11.4 Å². The van der Waals surface area contributed by atoms with E-state index in [2.05, 4.69) is 24.7 Å². The number of nitrogens with one attached hydrogen (secondary N) is 4. The molecule has 11 nitrogen and oxygen atoms in total. The number of halogens is 1. The summed E-state index contributed by atoms with van der Waals surface area (Å²) >= 11 is 0. The minimum Gasteiger partial charge on any atom is -0.402 e. The maximum Gasteiger partial charge on any atom is 0.482 e. The van der Waals surface area contributed by atoms with Crippen molar-refractivity contribution in [2.24, 2.45) is 5.92 Å². The van der Waals surface area contributed by atoms with Crippen LogP contribution in [0.2, 0.25) is 0 Å². The number of H-pyrrole nitrogens is 1. The Hall–Kier alpha value is -2.81. The summed E-state index contributed by atoms with van der Waals surface area (Å²) in [5.41, 5.74) is -2.05. The van der Waals surface area contributed by atoms with Gasteiger partial charge in [-0.15, -0.1) is 0 Å². The monoisotopic (exact) mass is 605 g/mol. The highest BCUT2D eigenvalue weighted by atomic mass is 32.2. The fourth-order valence-corrected chi connectivity index (χ4v) is 6.29. The molecule has 1 amide bonds. The van der Waals surface area contributed by atoms with Crippen LogP contribution in [0.5, 0.6) is 0 Å². The van der Waals surface area contributed by atoms with Crippen molar-refractivity contribution in [1.29, 1.82) is 0 Å². The van der Waals surface area contributed by atoms with Crippen molar-refractivity contribution >= 4 is 28.9 Å². The van der Waals surface area contributed by atoms with Crippen LogP contribution in [0.25, 0.3) is 11.4 Å². The quantitative estimate of drug-likeness (QED) is 0.303. The van der Waals surface area contributed by atoms with E-state index < -0.39 is 58.2 Å². The molecule has 1 aliphatic carbocycles. The highest BCUT2D eigenvalue weighted by Crippen LogP contribution is 2.38. The zero-order valence-corrected chi connectivity index (χ0v) is 25.9. The fraction of sp³-hybridized carbons (Fsp3) is 0.607. The second-order valence-corrected chi connectivity index (χ2v) is 13.9. The SMILES string of the molecule is CC(C)C(NC(=O)Cc1nc(-c2ccc(F)cc2)[nH]c(=O)c1NS(=O)(=O)NC1CCCCC1)B1OC(C)(C)C(C)(C)O1. The van der Waals surface area contributed by atoms with E-state index in [-0.39, 0.29) is 29.2 Å². The van der Waals surface area contributed by atoms with E-state index in [1.807, 2.05) is 41.5 Å². The second kappa shape index (κ2) is 12.4. The summed E-state index contributed by atoms with van der Waals surface area (Å²) in [5, 5.41) is 2.94. The third-order valence-corrected chi connectivity index (χ3v) is 9.33. The van der Waals surface area contributed by atoms with Crippen molar-refractivity contribution in [1.82, 2.24) is 20.0 Å². The first kappa shape index (κ1) is 32.1. The van der Waals surface area contributed by atoms with Gasteiger partial charge in [0.05, 0.1) is 29.3 Å². The molecule has 42 heavy (non-hydrogen) atoms. The zero-order valence-electron chi connectivity index (χ0n) is 25.0. The topological polar surface area (TPSA) is 152 Å². The Morgan fingerprint density at radius 3 is 2.26 bits per heavy atom. The first-order chi connectivity index (χ1) is 19.6. The number of amides is 1. The van der Waals surface area contributed by atoms with Gasteiger partial charge in [0.15, 0.2) is 0 Å². The molecule has 1 aromatic carbocycles. The Morgan fingerprint density at radius 2 is 1.69 bits per heavy atom. The predicted octanol–water partition coefficient (Wildman–Crippen LogP) is 3.47. The lowest BCUT2D eigenvalue weighted by Crippen LogP contribution is -2.51. The van der Waals surface area contributed by atoms with Crippen molar-refractivity contribution in [2.75, 3.05) is 4.72 Å². The lowest BCUT2D eigenvalue weighted by Gasteiger charge is -2.32. The molecule has 1 saturated carbocycles. The second-order valence-electron chi connectivity index (χ2n) is 12.4. The summed E-state index contributed by atoms with van der Waals surface area (Å²) in [6.07, 6.45) is 3.85. The van der Waals surface area contributed by atoms with Gasteiger partial charge >= 0.3 is 7.12 Å². The molecule has 1 atom stereocenters. The Bertz CT molecular complexity index is 1430. The fourth-order valence-electron chi connectivity index (χ4n) is 5.07. The highest BCUT2D eigenvalue weighted by Gasteiger charge is 2.54. The van der Waals surface area contributed by atoms with Crippen LogP contribution in [0.1, 0.15) is 79.3 Å². The molecule has 1 unspecified atom stereocenters. The number of carbonyl (C=O) groups is 1. The van der Waals surface area contributed by atoms with Gasteiger partial charge in [0.2, 0.25) is 5.91 Å². The molecular formula is C28H41BFN5O6S. The highest BCUT2D eigenvalue weighted by molar-refractivity contribution is 7.90. The van der Waals surface area contributed by atoms with Crippen molar-refractivity contribution in [3.63, 3.8) is 0 Å². The van der Waals surface area contributed by atoms with E-state index in [9.17, 15) is 22.4 Å². The van der Waals surface area contributed by atoms with Crippen LogP contribution in [-0.2, 0) is 30.7 Å². The Kier molecular flexibility index (Phi) is 9.51. The Labute approximate surface area is 247 Å². The molecule has 1 aromatic heterocycles. The summed E-state index contributed by atoms with van der Waals surface area (Å²) in [5.74, 6) is -1.53. The number of rotatable bonds is 10. The predicted molar refractivity (Wildman–Crippen MR) is 159 cm³/mol. The average Bonchev–Trinajstić information content (AvgIpc) is 3.11. The van der Waals surface area contributed by atoms with Crippen molar-refractivity contribution < 1.29 is 26.9 Å². The molecule has 0 spiro atoms. The molecule has 4 N–H and O–H groups in total. The van der Waals surface area contributed by atoms with Crippen LogP contribution < -0.4 is 20.3 Å². The molecule has 14 heteroatoms. The van der Waals surface area contributed by atoms with Gasteiger partial charge in [-0.2, -0.15) is 13.1 Å². The number of aromatic amines is 1. The van der Waals surface area contributed by atoms with Gasteiger partial charge in [0.1, 0.15) is 17.3 Å². The van der Waals surface area contributed by atoms with Crippen LogP contribution in [0, 0.1) is 11.7 Å². The molecular weight excluding hydrogens is 564 g/mol. The van der Waals surface area contributed by atoms with E-state index in [0.717, 1.165) is 19.3 Å². The minimum atomic E-state index is -4.15. The molecule has 2 aromatic rings.